The summed E-state index contributed by atoms with van der Waals surface area (Å²) in [6, 6.07) is 7.10. The molecule has 1 aromatic rings. The summed E-state index contributed by atoms with van der Waals surface area (Å²) >= 11 is 6.06. The molecule has 0 unspecified atom stereocenters. The van der Waals surface area contributed by atoms with Crippen LogP contribution in [0.1, 0.15) is 0 Å². The van der Waals surface area contributed by atoms with Crippen molar-refractivity contribution in [3.63, 3.8) is 0 Å². The number of carbonyl (C=O) groups is 1. The highest BCUT2D eigenvalue weighted by atomic mass is 35.5. The van der Waals surface area contributed by atoms with Crippen molar-refractivity contribution in [2.75, 3.05) is 51.7 Å². The van der Waals surface area contributed by atoms with Gasteiger partial charge in [0.05, 0.1) is 12.1 Å². The van der Waals surface area contributed by atoms with E-state index in [1.165, 1.54) is 13.3 Å². The Balaban J connectivity index is 1.99. The molecule has 1 saturated heterocycles. The lowest BCUT2D eigenvalue weighted by Gasteiger charge is -2.34. The Labute approximate surface area is 152 Å². The van der Waals surface area contributed by atoms with Crippen LogP contribution in [0.15, 0.2) is 30.0 Å². The molecule has 0 saturated carbocycles. The van der Waals surface area contributed by atoms with Gasteiger partial charge in [-0.2, -0.15) is 5.26 Å². The van der Waals surface area contributed by atoms with Crippen LogP contribution in [0.5, 0.6) is 5.75 Å². The molecule has 3 N–H and O–H groups in total. The van der Waals surface area contributed by atoms with Crippen LogP contribution in [0.3, 0.4) is 0 Å². The molecular weight excluding hydrogens is 342 g/mol. The zero-order valence-electron chi connectivity index (χ0n) is 14.2. The number of hydrogen-bond acceptors (Lipinski definition) is 6. The largest absolute Gasteiger partial charge is 0.495 e. The zero-order chi connectivity index (χ0) is 18.2. The monoisotopic (exact) mass is 363 g/mol. The van der Waals surface area contributed by atoms with Crippen LogP contribution in [-0.4, -0.2) is 62.1 Å². The summed E-state index contributed by atoms with van der Waals surface area (Å²) in [5.41, 5.74) is 6.27. The Morgan fingerprint density at radius 2 is 2.16 bits per heavy atom. The fourth-order valence-electron chi connectivity index (χ4n) is 2.58. The lowest BCUT2D eigenvalue weighted by molar-refractivity contribution is -0.128. The molecule has 2 rings (SSSR count). The summed E-state index contributed by atoms with van der Waals surface area (Å²) in [5, 5.41) is 12.7. The van der Waals surface area contributed by atoms with Crippen LogP contribution < -0.4 is 15.8 Å². The fraction of sp³-hybridized carbons (Fsp3) is 0.412. The first kappa shape index (κ1) is 19.1. The van der Waals surface area contributed by atoms with E-state index in [1.807, 2.05) is 6.07 Å². The van der Waals surface area contributed by atoms with Crippen molar-refractivity contribution in [2.45, 2.75) is 0 Å². The van der Waals surface area contributed by atoms with E-state index < -0.39 is 0 Å². The predicted molar refractivity (Wildman–Crippen MR) is 97.4 cm³/mol. The van der Waals surface area contributed by atoms with Gasteiger partial charge in [-0.25, -0.2) is 0 Å². The predicted octanol–water partition coefficient (Wildman–Crippen LogP) is 1.27. The molecule has 0 spiro atoms. The van der Waals surface area contributed by atoms with E-state index in [-0.39, 0.29) is 11.5 Å². The second-order valence-corrected chi connectivity index (χ2v) is 5.99. The quantitative estimate of drug-likeness (QED) is 0.584. The molecule has 1 amide bonds. The molecule has 1 aliphatic heterocycles. The third-order valence-electron chi connectivity index (χ3n) is 3.99. The van der Waals surface area contributed by atoms with Crippen molar-refractivity contribution in [2.24, 2.45) is 5.73 Å². The molecule has 7 nitrogen and oxygen atoms in total. The van der Waals surface area contributed by atoms with E-state index in [1.54, 1.807) is 23.1 Å². The first-order valence-electron chi connectivity index (χ1n) is 8.01. The number of nitrogens with one attached hydrogen (secondary N) is 1. The van der Waals surface area contributed by atoms with Crippen LogP contribution in [0, 0.1) is 11.3 Å². The molecule has 1 aromatic carbocycles. The number of nitriles is 1. The summed E-state index contributed by atoms with van der Waals surface area (Å²) < 4.78 is 5.09. The van der Waals surface area contributed by atoms with Gasteiger partial charge in [-0.3, -0.25) is 9.69 Å². The van der Waals surface area contributed by atoms with Crippen molar-refractivity contribution in [1.29, 1.82) is 5.26 Å². The smallest absolute Gasteiger partial charge is 0.266 e. The Bertz CT molecular complexity index is 678. The molecule has 8 heteroatoms. The van der Waals surface area contributed by atoms with Crippen molar-refractivity contribution in [3.8, 4) is 11.8 Å². The number of amides is 1. The number of carbonyl (C=O) groups excluding carboxylic acids is 1. The molecular formula is C17H22ClN5O2. The van der Waals surface area contributed by atoms with Crippen LogP contribution >= 0.6 is 11.6 Å². The molecule has 25 heavy (non-hydrogen) atoms. The Morgan fingerprint density at radius 3 is 2.72 bits per heavy atom. The zero-order valence-corrected chi connectivity index (χ0v) is 14.9. The first-order valence-corrected chi connectivity index (χ1v) is 8.39. The molecule has 134 valence electrons. The highest BCUT2D eigenvalue weighted by Gasteiger charge is 2.23. The number of methoxy groups -OCH3 is 1. The Hall–Kier alpha value is -2.27. The number of rotatable bonds is 6. The van der Waals surface area contributed by atoms with E-state index in [2.05, 4.69) is 10.2 Å². The van der Waals surface area contributed by atoms with Crippen molar-refractivity contribution in [1.82, 2.24) is 9.80 Å². The molecule has 0 radical (unpaired) electrons. The van der Waals surface area contributed by atoms with Crippen LogP contribution in [0.25, 0.3) is 0 Å². The van der Waals surface area contributed by atoms with Crippen LogP contribution in [0.4, 0.5) is 5.69 Å². The van der Waals surface area contributed by atoms with Gasteiger partial charge in [0.2, 0.25) is 0 Å². The maximum absolute atomic E-state index is 12.5. The maximum Gasteiger partial charge on any atom is 0.266 e. The third kappa shape index (κ3) is 5.10. The molecule has 1 aliphatic rings. The van der Waals surface area contributed by atoms with E-state index in [9.17, 15) is 10.1 Å². The van der Waals surface area contributed by atoms with Gasteiger partial charge in [-0.05, 0) is 18.2 Å². The number of anilines is 1. The molecule has 0 bridgehead atoms. The van der Waals surface area contributed by atoms with Gasteiger partial charge < -0.3 is 20.7 Å². The SMILES string of the molecule is COc1ccc(N/C=C(/C#N)C(=O)N2CCN(CCN)CC2)cc1Cl. The molecule has 0 aromatic heterocycles. The lowest BCUT2D eigenvalue weighted by Crippen LogP contribution is -2.50. The molecule has 1 fully saturated rings. The van der Waals surface area contributed by atoms with Gasteiger partial charge >= 0.3 is 0 Å². The minimum absolute atomic E-state index is 0.0548. The van der Waals surface area contributed by atoms with Gasteiger partial charge in [-0.15, -0.1) is 0 Å². The number of benzene rings is 1. The summed E-state index contributed by atoms with van der Waals surface area (Å²) in [6.45, 7) is 4.14. The number of nitrogens with zero attached hydrogens (tertiary/aromatic N) is 3. The fourth-order valence-corrected chi connectivity index (χ4v) is 2.84. The molecule has 0 aliphatic carbocycles. The highest BCUT2D eigenvalue weighted by Crippen LogP contribution is 2.27. The van der Waals surface area contributed by atoms with Crippen LogP contribution in [-0.2, 0) is 4.79 Å². The normalized spacial score (nSPS) is 15.6. The van der Waals surface area contributed by atoms with E-state index >= 15 is 0 Å². The van der Waals surface area contributed by atoms with E-state index in [0.29, 0.717) is 36.1 Å². The number of ether oxygens (including phenoxy) is 1. The second-order valence-electron chi connectivity index (χ2n) is 5.59. The average molecular weight is 364 g/mol. The number of halogens is 1. The highest BCUT2D eigenvalue weighted by molar-refractivity contribution is 6.32. The van der Waals surface area contributed by atoms with Gasteiger partial charge in [-0.1, -0.05) is 11.6 Å². The average Bonchev–Trinajstić information content (AvgIpc) is 2.63. The Morgan fingerprint density at radius 1 is 1.44 bits per heavy atom. The second kappa shape index (κ2) is 9.28. The standard InChI is InChI=1S/C17H22ClN5O2/c1-25-16-3-2-14(10-15(16)18)21-12-13(11-20)17(24)23-8-6-22(5-4-19)7-9-23/h2-3,10,12,21H,4-9,19H2,1H3/b13-12-. The topological polar surface area (TPSA) is 94.6 Å². The Kier molecular flexibility index (Phi) is 7.07. The number of piperazine rings is 1. The molecule has 1 heterocycles. The summed E-state index contributed by atoms with van der Waals surface area (Å²) in [5.74, 6) is 0.283. The lowest BCUT2D eigenvalue weighted by atomic mass is 10.2. The number of hydrogen-bond donors (Lipinski definition) is 2. The van der Waals surface area contributed by atoms with Gasteiger partial charge in [0.1, 0.15) is 17.4 Å². The molecule has 0 atom stereocenters. The van der Waals surface area contributed by atoms with Gasteiger partial charge in [0, 0.05) is 51.2 Å². The number of nitrogens with two attached hydrogens (primary N) is 1. The summed E-state index contributed by atoms with van der Waals surface area (Å²) in [7, 11) is 1.54. The van der Waals surface area contributed by atoms with E-state index in [4.69, 9.17) is 22.1 Å². The van der Waals surface area contributed by atoms with Crippen LogP contribution in [0.2, 0.25) is 5.02 Å². The van der Waals surface area contributed by atoms with Crippen molar-refractivity contribution < 1.29 is 9.53 Å². The maximum atomic E-state index is 12.5. The minimum Gasteiger partial charge on any atom is -0.495 e. The first-order chi connectivity index (χ1) is 12.1. The summed E-state index contributed by atoms with van der Waals surface area (Å²) in [6.07, 6.45) is 1.41. The van der Waals surface area contributed by atoms with Gasteiger partial charge in [0.15, 0.2) is 0 Å². The van der Waals surface area contributed by atoms with E-state index in [0.717, 1.165) is 19.6 Å². The third-order valence-corrected chi connectivity index (χ3v) is 4.29. The van der Waals surface area contributed by atoms with Crippen molar-refractivity contribution >= 4 is 23.2 Å². The minimum atomic E-state index is -0.276. The van der Waals surface area contributed by atoms with Gasteiger partial charge in [0.25, 0.3) is 5.91 Å². The van der Waals surface area contributed by atoms with Crippen molar-refractivity contribution in [3.05, 3.63) is 35.0 Å². The summed E-state index contributed by atoms with van der Waals surface area (Å²) in [4.78, 5) is 16.4.